The smallest absolute Gasteiger partial charge is 0.238 e. The summed E-state index contributed by atoms with van der Waals surface area (Å²) in [6.07, 6.45) is 4.97. The van der Waals surface area contributed by atoms with E-state index in [1.807, 2.05) is 0 Å². The highest BCUT2D eigenvalue weighted by Crippen LogP contribution is 2.28. The molecule has 110 valence electrons. The maximum absolute atomic E-state index is 12.1. The van der Waals surface area contributed by atoms with Crippen LogP contribution in [0.5, 0.6) is 0 Å². The summed E-state index contributed by atoms with van der Waals surface area (Å²) in [5.41, 5.74) is 0.286. The number of primary sulfonamides is 1. The van der Waals surface area contributed by atoms with Crippen LogP contribution in [-0.2, 0) is 14.8 Å². The van der Waals surface area contributed by atoms with Crippen LogP contribution in [0.1, 0.15) is 32.1 Å². The Bertz CT molecular complexity index is 610. The Hall–Kier alpha value is -1.11. The van der Waals surface area contributed by atoms with Crippen molar-refractivity contribution in [2.24, 2.45) is 11.1 Å². The van der Waals surface area contributed by atoms with Gasteiger partial charge in [-0.15, -0.1) is 0 Å². The van der Waals surface area contributed by atoms with Crippen LogP contribution in [0.3, 0.4) is 0 Å². The topological polar surface area (TPSA) is 89.3 Å². The van der Waals surface area contributed by atoms with Crippen LogP contribution in [0.25, 0.3) is 0 Å². The van der Waals surface area contributed by atoms with Gasteiger partial charge in [-0.05, 0) is 31.0 Å². The van der Waals surface area contributed by atoms with Crippen molar-refractivity contribution in [3.63, 3.8) is 0 Å². The molecule has 1 aromatic rings. The Kier molecular flexibility index (Phi) is 4.67. The van der Waals surface area contributed by atoms with E-state index in [-0.39, 0.29) is 22.4 Å². The number of hydrogen-bond donors (Lipinski definition) is 2. The van der Waals surface area contributed by atoms with Gasteiger partial charge in [-0.2, -0.15) is 0 Å². The van der Waals surface area contributed by atoms with Gasteiger partial charge in [0.15, 0.2) is 0 Å². The third-order valence-corrected chi connectivity index (χ3v) is 4.74. The van der Waals surface area contributed by atoms with Crippen molar-refractivity contribution in [2.45, 2.75) is 37.0 Å². The second-order valence-corrected chi connectivity index (χ2v) is 6.98. The molecule has 1 amide bonds. The zero-order valence-corrected chi connectivity index (χ0v) is 12.5. The minimum Gasteiger partial charge on any atom is -0.324 e. The summed E-state index contributed by atoms with van der Waals surface area (Å²) in [6, 6.07) is 4.02. The summed E-state index contributed by atoms with van der Waals surface area (Å²) in [6.45, 7) is 0. The van der Waals surface area contributed by atoms with Gasteiger partial charge in [-0.25, -0.2) is 13.6 Å². The van der Waals surface area contributed by atoms with E-state index in [1.54, 1.807) is 0 Å². The Morgan fingerprint density at radius 3 is 2.50 bits per heavy atom. The maximum Gasteiger partial charge on any atom is 0.238 e. The molecule has 3 N–H and O–H groups in total. The van der Waals surface area contributed by atoms with Gasteiger partial charge in [0.1, 0.15) is 0 Å². The standard InChI is InChI=1S/C13H17ClN2O3S/c14-11-7-6-10(20(15,18)19)8-12(11)16-13(17)9-4-2-1-3-5-9/h6-9H,1-5H2,(H,16,17)(H2,15,18,19). The number of nitrogens with two attached hydrogens (primary N) is 1. The van der Waals surface area contributed by atoms with Gasteiger partial charge in [-0.1, -0.05) is 30.9 Å². The molecule has 1 aliphatic rings. The molecule has 0 saturated heterocycles. The van der Waals surface area contributed by atoms with Crippen molar-refractivity contribution in [3.8, 4) is 0 Å². The maximum atomic E-state index is 12.1. The number of carbonyl (C=O) groups excluding carboxylic acids is 1. The Morgan fingerprint density at radius 1 is 1.25 bits per heavy atom. The zero-order valence-electron chi connectivity index (χ0n) is 10.9. The first-order chi connectivity index (χ1) is 9.38. The fourth-order valence-corrected chi connectivity index (χ4v) is 3.08. The molecule has 1 fully saturated rings. The van der Waals surface area contributed by atoms with Gasteiger partial charge in [-0.3, -0.25) is 4.79 Å². The van der Waals surface area contributed by atoms with Crippen LogP contribution < -0.4 is 10.5 Å². The van der Waals surface area contributed by atoms with Crippen molar-refractivity contribution in [1.82, 2.24) is 0 Å². The van der Waals surface area contributed by atoms with Crippen LogP contribution >= 0.6 is 11.6 Å². The normalized spacial score (nSPS) is 16.9. The van der Waals surface area contributed by atoms with E-state index in [1.165, 1.54) is 18.2 Å². The largest absolute Gasteiger partial charge is 0.324 e. The van der Waals surface area contributed by atoms with Gasteiger partial charge in [0, 0.05) is 5.92 Å². The second-order valence-electron chi connectivity index (χ2n) is 5.01. The molecule has 0 spiro atoms. The zero-order chi connectivity index (χ0) is 14.8. The van der Waals surface area contributed by atoms with E-state index in [9.17, 15) is 13.2 Å². The first-order valence-corrected chi connectivity index (χ1v) is 8.43. The van der Waals surface area contributed by atoms with Crippen LogP contribution in [0.4, 0.5) is 5.69 Å². The number of carbonyl (C=O) groups is 1. The van der Waals surface area contributed by atoms with Crippen molar-refractivity contribution < 1.29 is 13.2 Å². The van der Waals surface area contributed by atoms with Gasteiger partial charge >= 0.3 is 0 Å². The minimum atomic E-state index is -3.81. The fourth-order valence-electron chi connectivity index (χ4n) is 2.38. The van der Waals surface area contributed by atoms with E-state index in [0.29, 0.717) is 5.02 Å². The Labute approximate surface area is 123 Å². The van der Waals surface area contributed by atoms with Crippen molar-refractivity contribution in [3.05, 3.63) is 23.2 Å². The monoisotopic (exact) mass is 316 g/mol. The first kappa shape index (κ1) is 15.3. The molecule has 0 bridgehead atoms. The molecule has 1 aromatic carbocycles. The predicted octanol–water partition coefficient (Wildman–Crippen LogP) is 2.51. The second kappa shape index (κ2) is 6.11. The third-order valence-electron chi connectivity index (χ3n) is 3.50. The summed E-state index contributed by atoms with van der Waals surface area (Å²) in [7, 11) is -3.81. The summed E-state index contributed by atoms with van der Waals surface area (Å²) >= 11 is 5.98. The van der Waals surface area contributed by atoms with Crippen LogP contribution in [0.2, 0.25) is 5.02 Å². The molecule has 20 heavy (non-hydrogen) atoms. The molecular formula is C13H17ClN2O3S. The minimum absolute atomic E-state index is 0.0297. The number of halogens is 1. The van der Waals surface area contributed by atoms with E-state index in [2.05, 4.69) is 5.32 Å². The van der Waals surface area contributed by atoms with Crippen LogP contribution in [-0.4, -0.2) is 14.3 Å². The molecule has 7 heteroatoms. The Balaban J connectivity index is 2.18. The Morgan fingerprint density at radius 2 is 1.90 bits per heavy atom. The first-order valence-electron chi connectivity index (χ1n) is 6.51. The third kappa shape index (κ3) is 3.71. The lowest BCUT2D eigenvalue weighted by Crippen LogP contribution is -2.25. The average molecular weight is 317 g/mol. The highest BCUT2D eigenvalue weighted by molar-refractivity contribution is 7.89. The number of nitrogens with one attached hydrogen (secondary N) is 1. The molecule has 0 unspecified atom stereocenters. The van der Waals surface area contributed by atoms with Crippen molar-refractivity contribution in [1.29, 1.82) is 0 Å². The highest BCUT2D eigenvalue weighted by Gasteiger charge is 2.22. The molecule has 0 atom stereocenters. The van der Waals surface area contributed by atoms with Crippen molar-refractivity contribution in [2.75, 3.05) is 5.32 Å². The van der Waals surface area contributed by atoms with Gasteiger partial charge in [0.05, 0.1) is 15.6 Å². The number of amides is 1. The fraction of sp³-hybridized carbons (Fsp3) is 0.462. The molecule has 5 nitrogen and oxygen atoms in total. The molecule has 0 radical (unpaired) electrons. The van der Waals surface area contributed by atoms with Crippen LogP contribution in [0, 0.1) is 5.92 Å². The lowest BCUT2D eigenvalue weighted by atomic mass is 9.88. The SMILES string of the molecule is NS(=O)(=O)c1ccc(Cl)c(NC(=O)C2CCCCC2)c1. The molecule has 1 aliphatic carbocycles. The number of anilines is 1. The number of hydrogen-bond acceptors (Lipinski definition) is 3. The lowest BCUT2D eigenvalue weighted by molar-refractivity contribution is -0.120. The summed E-state index contributed by atoms with van der Waals surface area (Å²) in [5.74, 6) is -0.142. The summed E-state index contributed by atoms with van der Waals surface area (Å²) < 4.78 is 22.6. The van der Waals surface area contributed by atoms with Gasteiger partial charge in [0.2, 0.25) is 15.9 Å². The molecule has 1 saturated carbocycles. The number of sulfonamides is 1. The highest BCUT2D eigenvalue weighted by atomic mass is 35.5. The van der Waals surface area contributed by atoms with E-state index in [4.69, 9.17) is 16.7 Å². The predicted molar refractivity (Wildman–Crippen MR) is 78.0 cm³/mol. The molecule has 0 aromatic heterocycles. The number of rotatable bonds is 3. The summed E-state index contributed by atoms with van der Waals surface area (Å²) in [4.78, 5) is 12.1. The quantitative estimate of drug-likeness (QED) is 0.897. The van der Waals surface area contributed by atoms with Crippen molar-refractivity contribution >= 4 is 33.2 Å². The molecular weight excluding hydrogens is 300 g/mol. The van der Waals surface area contributed by atoms with Gasteiger partial charge < -0.3 is 5.32 Å². The van der Waals surface area contributed by atoms with Gasteiger partial charge in [0.25, 0.3) is 0 Å². The molecule has 0 aliphatic heterocycles. The van der Waals surface area contributed by atoms with Crippen LogP contribution in [0.15, 0.2) is 23.1 Å². The lowest BCUT2D eigenvalue weighted by Gasteiger charge is -2.21. The van der Waals surface area contributed by atoms with E-state index < -0.39 is 10.0 Å². The van der Waals surface area contributed by atoms with E-state index in [0.717, 1.165) is 32.1 Å². The molecule has 2 rings (SSSR count). The van der Waals surface area contributed by atoms with E-state index >= 15 is 0 Å². The summed E-state index contributed by atoms with van der Waals surface area (Å²) in [5, 5.41) is 8.06. The molecule has 0 heterocycles. The average Bonchev–Trinajstić information content (AvgIpc) is 2.41. The number of benzene rings is 1.